The van der Waals surface area contributed by atoms with Crippen molar-refractivity contribution in [1.82, 2.24) is 0 Å². The Morgan fingerprint density at radius 1 is 0.643 bits per heavy atom. The standard InChI is InChI=1S/C20H14F2N2O4/c21-13-9-12(20(27)28)18(10-14(13)22)24-17-8-4-3-7-16(17)23-15-6-2-1-5-11(15)19(25)26/h1-10,23-24H,(H,25,26)(H,27,28). The van der Waals surface area contributed by atoms with E-state index in [-0.39, 0.29) is 11.3 Å². The van der Waals surface area contributed by atoms with Crippen LogP contribution in [-0.2, 0) is 0 Å². The fraction of sp³-hybridized carbons (Fsp3) is 0. The van der Waals surface area contributed by atoms with Gasteiger partial charge in [-0.3, -0.25) is 0 Å². The smallest absolute Gasteiger partial charge is 0.337 e. The summed E-state index contributed by atoms with van der Waals surface area (Å²) >= 11 is 0. The molecule has 0 heterocycles. The second-order valence-electron chi connectivity index (χ2n) is 5.76. The average molecular weight is 384 g/mol. The molecule has 0 aliphatic heterocycles. The van der Waals surface area contributed by atoms with Crippen molar-refractivity contribution in [3.8, 4) is 0 Å². The average Bonchev–Trinajstić information content (AvgIpc) is 2.66. The molecule has 0 atom stereocenters. The lowest BCUT2D eigenvalue weighted by Gasteiger charge is -2.16. The second kappa shape index (κ2) is 7.75. The van der Waals surface area contributed by atoms with Crippen molar-refractivity contribution in [3.63, 3.8) is 0 Å². The maximum Gasteiger partial charge on any atom is 0.337 e. The zero-order chi connectivity index (χ0) is 20.3. The molecule has 0 bridgehead atoms. The van der Waals surface area contributed by atoms with Crippen molar-refractivity contribution in [1.29, 1.82) is 0 Å². The van der Waals surface area contributed by atoms with Crippen LogP contribution in [0.3, 0.4) is 0 Å². The summed E-state index contributed by atoms with van der Waals surface area (Å²) in [6.07, 6.45) is 0. The number of nitrogens with one attached hydrogen (secondary N) is 2. The SMILES string of the molecule is O=C(O)c1ccccc1Nc1ccccc1Nc1cc(F)c(F)cc1C(=O)O. The van der Waals surface area contributed by atoms with E-state index in [4.69, 9.17) is 0 Å². The first-order valence-electron chi connectivity index (χ1n) is 8.04. The van der Waals surface area contributed by atoms with Crippen molar-refractivity contribution < 1.29 is 28.6 Å². The van der Waals surface area contributed by atoms with Crippen molar-refractivity contribution in [3.05, 3.63) is 83.4 Å². The number of carboxylic acids is 2. The fourth-order valence-electron chi connectivity index (χ4n) is 2.60. The normalized spacial score (nSPS) is 10.4. The molecule has 6 nitrogen and oxygen atoms in total. The van der Waals surface area contributed by atoms with E-state index in [1.807, 2.05) is 0 Å². The van der Waals surface area contributed by atoms with Gasteiger partial charge in [-0.25, -0.2) is 18.4 Å². The minimum absolute atomic E-state index is 0.0383. The number of benzene rings is 3. The van der Waals surface area contributed by atoms with E-state index in [2.05, 4.69) is 10.6 Å². The molecule has 28 heavy (non-hydrogen) atoms. The molecule has 3 rings (SSSR count). The molecule has 0 spiro atoms. The van der Waals surface area contributed by atoms with E-state index < -0.39 is 29.1 Å². The van der Waals surface area contributed by atoms with Gasteiger partial charge in [0, 0.05) is 6.07 Å². The molecule has 0 unspecified atom stereocenters. The summed E-state index contributed by atoms with van der Waals surface area (Å²) in [6.45, 7) is 0. The lowest BCUT2D eigenvalue weighted by atomic mass is 10.1. The number of carbonyl (C=O) groups is 2. The maximum absolute atomic E-state index is 13.6. The number of hydrogen-bond acceptors (Lipinski definition) is 4. The van der Waals surface area contributed by atoms with Crippen LogP contribution in [0.25, 0.3) is 0 Å². The van der Waals surface area contributed by atoms with Crippen LogP contribution < -0.4 is 10.6 Å². The molecule has 0 aliphatic carbocycles. The van der Waals surface area contributed by atoms with Gasteiger partial charge in [0.05, 0.1) is 33.9 Å². The predicted octanol–water partition coefficient (Wildman–Crippen LogP) is 4.85. The molecule has 3 aromatic carbocycles. The third-order valence-electron chi connectivity index (χ3n) is 3.91. The Labute approximate surface area is 158 Å². The minimum Gasteiger partial charge on any atom is -0.478 e. The Hall–Kier alpha value is -3.94. The van der Waals surface area contributed by atoms with Crippen LogP contribution in [-0.4, -0.2) is 22.2 Å². The van der Waals surface area contributed by atoms with Crippen LogP contribution in [0.4, 0.5) is 31.5 Å². The van der Waals surface area contributed by atoms with E-state index >= 15 is 0 Å². The van der Waals surface area contributed by atoms with Gasteiger partial charge >= 0.3 is 11.9 Å². The quantitative estimate of drug-likeness (QED) is 0.485. The van der Waals surface area contributed by atoms with Gasteiger partial charge < -0.3 is 20.8 Å². The van der Waals surface area contributed by atoms with Crippen LogP contribution in [0.1, 0.15) is 20.7 Å². The fourth-order valence-corrected chi connectivity index (χ4v) is 2.60. The topological polar surface area (TPSA) is 98.7 Å². The van der Waals surface area contributed by atoms with Crippen LogP contribution >= 0.6 is 0 Å². The van der Waals surface area contributed by atoms with Gasteiger partial charge in [0.2, 0.25) is 0 Å². The maximum atomic E-state index is 13.6. The summed E-state index contributed by atoms with van der Waals surface area (Å²) in [4.78, 5) is 22.7. The summed E-state index contributed by atoms with van der Waals surface area (Å²) in [5.74, 6) is -5.02. The van der Waals surface area contributed by atoms with Gasteiger partial charge in [-0.2, -0.15) is 0 Å². The van der Waals surface area contributed by atoms with Crippen molar-refractivity contribution in [2.75, 3.05) is 10.6 Å². The Bertz CT molecular complexity index is 1070. The lowest BCUT2D eigenvalue weighted by Crippen LogP contribution is -2.07. The lowest BCUT2D eigenvalue weighted by molar-refractivity contribution is 0.0686. The highest BCUT2D eigenvalue weighted by Gasteiger charge is 2.17. The summed E-state index contributed by atoms with van der Waals surface area (Å²) in [7, 11) is 0. The third-order valence-corrected chi connectivity index (χ3v) is 3.91. The minimum atomic E-state index is -1.43. The first kappa shape index (κ1) is 18.8. The van der Waals surface area contributed by atoms with Gasteiger partial charge in [0.25, 0.3) is 0 Å². The zero-order valence-electron chi connectivity index (χ0n) is 14.2. The summed E-state index contributed by atoms with van der Waals surface area (Å²) < 4.78 is 27.0. The molecule has 3 aromatic rings. The second-order valence-corrected chi connectivity index (χ2v) is 5.76. The summed E-state index contributed by atoms with van der Waals surface area (Å²) in [6, 6.07) is 14.1. The molecule has 0 aliphatic rings. The van der Waals surface area contributed by atoms with Gasteiger partial charge in [-0.15, -0.1) is 0 Å². The van der Waals surface area contributed by atoms with Gasteiger partial charge in [0.15, 0.2) is 11.6 Å². The molecule has 8 heteroatoms. The number of carboxylic acid groups (broad SMARTS) is 2. The molecule has 142 valence electrons. The molecular formula is C20H14F2N2O4. The number of rotatable bonds is 6. The van der Waals surface area contributed by atoms with Crippen molar-refractivity contribution >= 4 is 34.7 Å². The summed E-state index contributed by atoms with van der Waals surface area (Å²) in [5.41, 5.74) is 0.518. The van der Waals surface area contributed by atoms with E-state index in [1.165, 1.54) is 6.07 Å². The molecule has 0 amide bonds. The highest BCUT2D eigenvalue weighted by Crippen LogP contribution is 2.31. The van der Waals surface area contributed by atoms with E-state index in [0.717, 1.165) is 6.07 Å². The third kappa shape index (κ3) is 3.90. The number of halogens is 2. The Kier molecular flexibility index (Phi) is 5.21. The largest absolute Gasteiger partial charge is 0.478 e. The van der Waals surface area contributed by atoms with Gasteiger partial charge in [-0.1, -0.05) is 24.3 Å². The van der Waals surface area contributed by atoms with E-state index in [1.54, 1.807) is 42.5 Å². The number of para-hydroxylation sites is 3. The van der Waals surface area contributed by atoms with Crippen LogP contribution in [0.15, 0.2) is 60.7 Å². The summed E-state index contributed by atoms with van der Waals surface area (Å²) in [5, 5.41) is 24.3. The van der Waals surface area contributed by atoms with Gasteiger partial charge in [0.1, 0.15) is 0 Å². The molecule has 0 saturated heterocycles. The molecule has 4 N–H and O–H groups in total. The van der Waals surface area contributed by atoms with E-state index in [9.17, 15) is 28.6 Å². The van der Waals surface area contributed by atoms with Crippen molar-refractivity contribution in [2.45, 2.75) is 0 Å². The first-order chi connectivity index (χ1) is 13.4. The Morgan fingerprint density at radius 2 is 1.11 bits per heavy atom. The molecule has 0 radical (unpaired) electrons. The highest BCUT2D eigenvalue weighted by atomic mass is 19.2. The molecule has 0 fully saturated rings. The number of hydrogen-bond donors (Lipinski definition) is 4. The zero-order valence-corrected chi connectivity index (χ0v) is 14.2. The van der Waals surface area contributed by atoms with Crippen LogP contribution in [0.5, 0.6) is 0 Å². The number of aromatic carboxylic acids is 2. The van der Waals surface area contributed by atoms with E-state index in [0.29, 0.717) is 23.1 Å². The Balaban J connectivity index is 2.00. The predicted molar refractivity (Wildman–Crippen MR) is 99.7 cm³/mol. The van der Waals surface area contributed by atoms with Gasteiger partial charge in [-0.05, 0) is 30.3 Å². The number of anilines is 4. The highest BCUT2D eigenvalue weighted by molar-refractivity contribution is 5.97. The first-order valence-corrected chi connectivity index (χ1v) is 8.04. The molecule has 0 aromatic heterocycles. The monoisotopic (exact) mass is 384 g/mol. The molecular weight excluding hydrogens is 370 g/mol. The van der Waals surface area contributed by atoms with Crippen LogP contribution in [0, 0.1) is 11.6 Å². The Morgan fingerprint density at radius 3 is 1.68 bits per heavy atom. The van der Waals surface area contributed by atoms with Crippen LogP contribution in [0.2, 0.25) is 0 Å². The van der Waals surface area contributed by atoms with Crippen molar-refractivity contribution in [2.24, 2.45) is 0 Å². The molecule has 0 saturated carbocycles.